The fraction of sp³-hybridized carbons (Fsp3) is 0.133. The summed E-state index contributed by atoms with van der Waals surface area (Å²) in [7, 11) is 0. The Balaban J connectivity index is 2.56. The molecule has 98 valence electrons. The zero-order valence-corrected chi connectivity index (χ0v) is 11.9. The first-order valence-corrected chi connectivity index (χ1v) is 6.43. The van der Waals surface area contributed by atoms with Gasteiger partial charge in [-0.1, -0.05) is 29.3 Å². The molecule has 1 nitrogen and oxygen atoms in total. The van der Waals surface area contributed by atoms with Gasteiger partial charge in [-0.3, -0.25) is 4.79 Å². The first kappa shape index (κ1) is 14.0. The minimum atomic E-state index is -0.618. The zero-order chi connectivity index (χ0) is 14.2. The van der Waals surface area contributed by atoms with Crippen LogP contribution < -0.4 is 0 Å². The topological polar surface area (TPSA) is 17.1 Å². The second kappa shape index (κ2) is 5.32. The Labute approximate surface area is 121 Å². The number of rotatable bonds is 2. The van der Waals surface area contributed by atoms with Gasteiger partial charge in [-0.05, 0) is 49.2 Å². The molecular formula is C15H11Cl2FO. The molecule has 0 aromatic heterocycles. The Morgan fingerprint density at radius 3 is 2.37 bits per heavy atom. The third kappa shape index (κ3) is 2.65. The predicted octanol–water partition coefficient (Wildman–Crippen LogP) is 4.98. The summed E-state index contributed by atoms with van der Waals surface area (Å²) in [6.07, 6.45) is 0. The first-order chi connectivity index (χ1) is 8.91. The van der Waals surface area contributed by atoms with Crippen LogP contribution >= 0.6 is 23.2 Å². The quantitative estimate of drug-likeness (QED) is 0.714. The molecule has 0 aliphatic carbocycles. The summed E-state index contributed by atoms with van der Waals surface area (Å²) in [6.45, 7) is 3.79. The summed E-state index contributed by atoms with van der Waals surface area (Å²) >= 11 is 11.9. The Bertz CT molecular complexity index is 665. The fourth-order valence-electron chi connectivity index (χ4n) is 1.78. The van der Waals surface area contributed by atoms with Gasteiger partial charge in [-0.2, -0.15) is 0 Å². The number of aryl methyl sites for hydroxylation is 2. The largest absolute Gasteiger partial charge is 0.288 e. The highest BCUT2D eigenvalue weighted by atomic mass is 35.5. The molecule has 0 aliphatic rings. The summed E-state index contributed by atoms with van der Waals surface area (Å²) in [5.41, 5.74) is 2.39. The minimum absolute atomic E-state index is 0.117. The molecule has 0 aliphatic heterocycles. The highest BCUT2D eigenvalue weighted by Crippen LogP contribution is 2.27. The first-order valence-electron chi connectivity index (χ1n) is 5.67. The average Bonchev–Trinajstić information content (AvgIpc) is 2.36. The van der Waals surface area contributed by atoms with Crippen molar-refractivity contribution in [3.8, 4) is 0 Å². The van der Waals surface area contributed by atoms with Gasteiger partial charge in [0.15, 0.2) is 5.78 Å². The van der Waals surface area contributed by atoms with Gasteiger partial charge in [0, 0.05) is 11.1 Å². The van der Waals surface area contributed by atoms with Crippen molar-refractivity contribution in [2.24, 2.45) is 0 Å². The second-order valence-electron chi connectivity index (χ2n) is 4.35. The van der Waals surface area contributed by atoms with E-state index in [1.807, 2.05) is 13.8 Å². The number of hydrogen-bond donors (Lipinski definition) is 0. The summed E-state index contributed by atoms with van der Waals surface area (Å²) in [5, 5.41) is 0.162. The van der Waals surface area contributed by atoms with Crippen molar-refractivity contribution in [2.75, 3.05) is 0 Å². The molecule has 19 heavy (non-hydrogen) atoms. The maximum Gasteiger partial charge on any atom is 0.196 e. The van der Waals surface area contributed by atoms with Crippen molar-refractivity contribution in [3.63, 3.8) is 0 Å². The van der Waals surface area contributed by atoms with E-state index in [-0.39, 0.29) is 16.4 Å². The van der Waals surface area contributed by atoms with Crippen molar-refractivity contribution in [2.45, 2.75) is 13.8 Å². The van der Waals surface area contributed by atoms with Gasteiger partial charge >= 0.3 is 0 Å². The molecule has 0 amide bonds. The smallest absolute Gasteiger partial charge is 0.196 e. The maximum absolute atomic E-state index is 13.4. The Kier molecular flexibility index (Phi) is 3.93. The Morgan fingerprint density at radius 2 is 1.68 bits per heavy atom. The van der Waals surface area contributed by atoms with Crippen molar-refractivity contribution in [1.29, 1.82) is 0 Å². The highest BCUT2D eigenvalue weighted by Gasteiger charge is 2.18. The molecule has 4 heteroatoms. The van der Waals surface area contributed by atoms with Gasteiger partial charge in [0.05, 0.1) is 10.0 Å². The van der Waals surface area contributed by atoms with E-state index in [9.17, 15) is 9.18 Å². The van der Waals surface area contributed by atoms with Crippen LogP contribution in [0.2, 0.25) is 10.0 Å². The standard InChI is InChI=1S/C15H11Cl2FO/c1-8-6-11(12(16)7-9(8)2)15(19)10-4-3-5-13(18)14(10)17/h3-7H,1-2H3. The number of ketones is 1. The molecule has 0 saturated carbocycles. The van der Waals surface area contributed by atoms with Crippen LogP contribution in [0.3, 0.4) is 0 Å². The molecule has 0 N–H and O–H groups in total. The highest BCUT2D eigenvalue weighted by molar-refractivity contribution is 6.38. The van der Waals surface area contributed by atoms with E-state index in [1.54, 1.807) is 12.1 Å². The number of benzene rings is 2. The molecule has 2 aromatic carbocycles. The van der Waals surface area contributed by atoms with Gasteiger partial charge in [-0.25, -0.2) is 4.39 Å². The number of hydrogen-bond acceptors (Lipinski definition) is 1. The van der Waals surface area contributed by atoms with Crippen molar-refractivity contribution in [1.82, 2.24) is 0 Å². The average molecular weight is 297 g/mol. The van der Waals surface area contributed by atoms with Crippen molar-refractivity contribution >= 4 is 29.0 Å². The van der Waals surface area contributed by atoms with E-state index >= 15 is 0 Å². The molecule has 0 heterocycles. The monoisotopic (exact) mass is 296 g/mol. The van der Waals surface area contributed by atoms with Crippen LogP contribution in [0.25, 0.3) is 0 Å². The van der Waals surface area contributed by atoms with E-state index in [0.29, 0.717) is 10.6 Å². The second-order valence-corrected chi connectivity index (χ2v) is 5.13. The van der Waals surface area contributed by atoms with Crippen molar-refractivity contribution in [3.05, 3.63) is 68.4 Å². The van der Waals surface area contributed by atoms with Crippen LogP contribution in [0.15, 0.2) is 30.3 Å². The Hall–Kier alpha value is -1.38. The molecule has 0 radical (unpaired) electrons. The third-order valence-electron chi connectivity index (χ3n) is 3.02. The lowest BCUT2D eigenvalue weighted by Gasteiger charge is -2.09. The lowest BCUT2D eigenvalue weighted by molar-refractivity contribution is 0.103. The minimum Gasteiger partial charge on any atom is -0.288 e. The molecule has 0 unspecified atom stereocenters. The molecule has 2 rings (SSSR count). The lowest BCUT2D eigenvalue weighted by atomic mass is 9.99. The third-order valence-corrected chi connectivity index (χ3v) is 3.72. The molecule has 0 fully saturated rings. The molecule has 0 saturated heterocycles. The van der Waals surface area contributed by atoms with E-state index in [4.69, 9.17) is 23.2 Å². The van der Waals surface area contributed by atoms with E-state index in [1.165, 1.54) is 18.2 Å². The summed E-state index contributed by atoms with van der Waals surface area (Å²) in [5.74, 6) is -0.995. The number of halogens is 3. The summed E-state index contributed by atoms with van der Waals surface area (Å²) in [4.78, 5) is 12.4. The van der Waals surface area contributed by atoms with Crippen LogP contribution in [0.4, 0.5) is 4.39 Å². The van der Waals surface area contributed by atoms with Gasteiger partial charge in [-0.15, -0.1) is 0 Å². The molecular weight excluding hydrogens is 286 g/mol. The van der Waals surface area contributed by atoms with Crippen LogP contribution in [0.1, 0.15) is 27.0 Å². The van der Waals surface area contributed by atoms with E-state index in [2.05, 4.69) is 0 Å². The molecule has 0 spiro atoms. The van der Waals surface area contributed by atoms with Crippen molar-refractivity contribution < 1.29 is 9.18 Å². The normalized spacial score (nSPS) is 10.6. The summed E-state index contributed by atoms with van der Waals surface area (Å²) in [6, 6.07) is 7.56. The van der Waals surface area contributed by atoms with Crippen LogP contribution in [0, 0.1) is 19.7 Å². The molecule has 2 aromatic rings. The predicted molar refractivity (Wildman–Crippen MR) is 75.8 cm³/mol. The maximum atomic E-state index is 13.4. The van der Waals surface area contributed by atoms with E-state index in [0.717, 1.165) is 11.1 Å². The number of carbonyl (C=O) groups excluding carboxylic acids is 1. The number of carbonyl (C=O) groups is 1. The van der Waals surface area contributed by atoms with Gasteiger partial charge in [0.2, 0.25) is 0 Å². The Morgan fingerprint density at radius 1 is 1.05 bits per heavy atom. The molecule has 0 bridgehead atoms. The van der Waals surface area contributed by atoms with Gasteiger partial charge < -0.3 is 0 Å². The van der Waals surface area contributed by atoms with Gasteiger partial charge in [0.1, 0.15) is 5.82 Å². The van der Waals surface area contributed by atoms with Crippen LogP contribution in [-0.2, 0) is 0 Å². The SMILES string of the molecule is Cc1cc(Cl)c(C(=O)c2cccc(F)c2Cl)cc1C. The molecule has 0 atom stereocenters. The fourth-order valence-corrected chi connectivity index (χ4v) is 2.30. The van der Waals surface area contributed by atoms with Crippen LogP contribution in [-0.4, -0.2) is 5.78 Å². The zero-order valence-electron chi connectivity index (χ0n) is 10.4. The lowest BCUT2D eigenvalue weighted by Crippen LogP contribution is -2.05. The summed E-state index contributed by atoms with van der Waals surface area (Å²) < 4.78 is 13.4. The van der Waals surface area contributed by atoms with Gasteiger partial charge in [0.25, 0.3) is 0 Å². The van der Waals surface area contributed by atoms with E-state index < -0.39 is 5.82 Å². The van der Waals surface area contributed by atoms with Crippen LogP contribution in [0.5, 0.6) is 0 Å².